The normalized spacial score (nSPS) is 20.0. The number of ether oxygens (including phenoxy) is 1. The predicted molar refractivity (Wildman–Crippen MR) is 101 cm³/mol. The molecule has 0 aliphatic carbocycles. The zero-order valence-electron chi connectivity index (χ0n) is 16.1. The molecule has 1 aromatic carbocycles. The van der Waals surface area contributed by atoms with E-state index in [4.69, 9.17) is 4.74 Å². The standard InChI is InChI=1S/C20H29N3O3/c1-14(2)13-26-19(25)22-11-9-15(10-12-22)23-18(24)21-17-8-6-5-7-16(17)20(23,3)4/h5-8,14-15H,9-13H2,1-4H3,(H,21,24). The maximum Gasteiger partial charge on any atom is 0.409 e. The average molecular weight is 359 g/mol. The van der Waals surface area contributed by atoms with Crippen LogP contribution in [-0.4, -0.2) is 47.7 Å². The number of anilines is 1. The highest BCUT2D eigenvalue weighted by molar-refractivity contribution is 5.94. The number of nitrogens with zero attached hydrogens (tertiary/aromatic N) is 2. The number of fused-ring (bicyclic) bond motifs is 1. The summed E-state index contributed by atoms with van der Waals surface area (Å²) in [5.74, 6) is 0.328. The Morgan fingerprint density at radius 1 is 1.27 bits per heavy atom. The maximum absolute atomic E-state index is 12.8. The molecule has 2 aliphatic heterocycles. The van der Waals surface area contributed by atoms with Crippen LogP contribution < -0.4 is 5.32 Å². The van der Waals surface area contributed by atoms with E-state index >= 15 is 0 Å². The van der Waals surface area contributed by atoms with Crippen molar-refractivity contribution < 1.29 is 14.3 Å². The van der Waals surface area contributed by atoms with E-state index in [2.05, 4.69) is 25.2 Å². The Hall–Kier alpha value is -2.24. The fraction of sp³-hybridized carbons (Fsp3) is 0.600. The Labute approximate surface area is 155 Å². The van der Waals surface area contributed by atoms with Gasteiger partial charge in [0.25, 0.3) is 0 Å². The molecule has 6 heteroatoms. The first-order chi connectivity index (χ1) is 12.3. The Morgan fingerprint density at radius 2 is 1.92 bits per heavy atom. The second-order valence-electron chi connectivity index (χ2n) is 8.09. The third-order valence-corrected chi connectivity index (χ3v) is 5.28. The summed E-state index contributed by atoms with van der Waals surface area (Å²) in [6.45, 7) is 9.90. The molecule has 0 radical (unpaired) electrons. The predicted octanol–water partition coefficient (Wildman–Crippen LogP) is 4.03. The van der Waals surface area contributed by atoms with Crippen molar-refractivity contribution in [1.29, 1.82) is 0 Å². The van der Waals surface area contributed by atoms with Gasteiger partial charge < -0.3 is 19.9 Å². The number of piperidine rings is 1. The molecule has 0 atom stereocenters. The number of likely N-dealkylation sites (tertiary alicyclic amines) is 1. The van der Waals surface area contributed by atoms with Gasteiger partial charge in [-0.15, -0.1) is 0 Å². The number of benzene rings is 1. The number of rotatable bonds is 3. The number of nitrogens with one attached hydrogen (secondary N) is 1. The molecule has 1 N–H and O–H groups in total. The van der Waals surface area contributed by atoms with Crippen LogP contribution in [0, 0.1) is 5.92 Å². The summed E-state index contributed by atoms with van der Waals surface area (Å²) in [7, 11) is 0. The van der Waals surface area contributed by atoms with Crippen molar-refractivity contribution >= 4 is 17.8 Å². The monoisotopic (exact) mass is 359 g/mol. The fourth-order valence-corrected chi connectivity index (χ4v) is 3.94. The molecular weight excluding hydrogens is 330 g/mol. The zero-order valence-corrected chi connectivity index (χ0v) is 16.1. The number of hydrogen-bond donors (Lipinski definition) is 1. The summed E-state index contributed by atoms with van der Waals surface area (Å²) in [5, 5.41) is 3.01. The van der Waals surface area contributed by atoms with E-state index in [-0.39, 0.29) is 23.7 Å². The Bertz CT molecular complexity index is 679. The third-order valence-electron chi connectivity index (χ3n) is 5.28. The van der Waals surface area contributed by atoms with Gasteiger partial charge in [-0.1, -0.05) is 32.0 Å². The maximum atomic E-state index is 12.8. The summed E-state index contributed by atoms with van der Waals surface area (Å²) in [4.78, 5) is 28.6. The molecule has 1 saturated heterocycles. The summed E-state index contributed by atoms with van der Waals surface area (Å²) in [6, 6.07) is 8.00. The third kappa shape index (κ3) is 3.50. The second kappa shape index (κ2) is 7.17. The molecule has 142 valence electrons. The first-order valence-electron chi connectivity index (χ1n) is 9.42. The van der Waals surface area contributed by atoms with E-state index in [0.717, 1.165) is 24.1 Å². The van der Waals surface area contributed by atoms with Crippen LogP contribution in [0.1, 0.15) is 46.1 Å². The molecule has 0 unspecified atom stereocenters. The zero-order chi connectivity index (χ0) is 18.9. The van der Waals surface area contributed by atoms with Gasteiger partial charge in [-0.2, -0.15) is 0 Å². The first kappa shape index (κ1) is 18.5. The molecule has 2 aliphatic rings. The molecule has 2 heterocycles. The van der Waals surface area contributed by atoms with Crippen LogP contribution >= 0.6 is 0 Å². The van der Waals surface area contributed by atoms with Crippen molar-refractivity contribution in [2.24, 2.45) is 5.92 Å². The number of hydrogen-bond acceptors (Lipinski definition) is 3. The Kier molecular flexibility index (Phi) is 5.12. The Balaban J connectivity index is 1.68. The number of carbonyl (C=O) groups excluding carboxylic acids is 2. The van der Waals surface area contributed by atoms with Gasteiger partial charge in [-0.3, -0.25) is 0 Å². The van der Waals surface area contributed by atoms with Gasteiger partial charge in [-0.25, -0.2) is 9.59 Å². The second-order valence-corrected chi connectivity index (χ2v) is 8.09. The lowest BCUT2D eigenvalue weighted by atomic mass is 9.86. The van der Waals surface area contributed by atoms with Crippen LogP contribution in [0.3, 0.4) is 0 Å². The fourth-order valence-electron chi connectivity index (χ4n) is 3.94. The molecule has 3 amide bonds. The summed E-state index contributed by atoms with van der Waals surface area (Å²) >= 11 is 0. The van der Waals surface area contributed by atoms with Crippen LogP contribution in [0.5, 0.6) is 0 Å². The van der Waals surface area contributed by atoms with Gasteiger partial charge in [0.05, 0.1) is 12.1 Å². The van der Waals surface area contributed by atoms with Gasteiger partial charge in [0.1, 0.15) is 0 Å². The molecule has 0 spiro atoms. The molecule has 3 rings (SSSR count). The van der Waals surface area contributed by atoms with Crippen molar-refractivity contribution in [3.63, 3.8) is 0 Å². The van der Waals surface area contributed by atoms with E-state index < -0.39 is 0 Å². The SMILES string of the molecule is CC(C)COC(=O)N1CCC(N2C(=O)Nc3ccccc3C2(C)C)CC1. The molecule has 26 heavy (non-hydrogen) atoms. The largest absolute Gasteiger partial charge is 0.449 e. The lowest BCUT2D eigenvalue weighted by molar-refractivity contribution is 0.0484. The Morgan fingerprint density at radius 3 is 2.58 bits per heavy atom. The van der Waals surface area contributed by atoms with Crippen molar-refractivity contribution in [2.75, 3.05) is 25.0 Å². The summed E-state index contributed by atoms with van der Waals surface area (Å²) < 4.78 is 5.33. The van der Waals surface area contributed by atoms with Crippen LogP contribution in [-0.2, 0) is 10.3 Å². The minimum atomic E-state index is -0.385. The molecular formula is C20H29N3O3. The van der Waals surface area contributed by atoms with Gasteiger partial charge in [0, 0.05) is 30.4 Å². The van der Waals surface area contributed by atoms with Crippen molar-refractivity contribution in [3.05, 3.63) is 29.8 Å². The van der Waals surface area contributed by atoms with E-state index in [9.17, 15) is 9.59 Å². The summed E-state index contributed by atoms with van der Waals surface area (Å²) in [6.07, 6.45) is 1.27. The van der Waals surface area contributed by atoms with Crippen molar-refractivity contribution in [2.45, 2.75) is 52.1 Å². The summed E-state index contributed by atoms with van der Waals surface area (Å²) in [5.41, 5.74) is 1.62. The molecule has 1 aromatic rings. The average Bonchev–Trinajstić information content (AvgIpc) is 2.60. The molecule has 6 nitrogen and oxygen atoms in total. The number of para-hydroxylation sites is 1. The molecule has 0 bridgehead atoms. The highest BCUT2D eigenvalue weighted by atomic mass is 16.6. The number of urea groups is 1. The van der Waals surface area contributed by atoms with Crippen molar-refractivity contribution in [3.8, 4) is 0 Å². The lowest BCUT2D eigenvalue weighted by Crippen LogP contribution is -2.58. The number of amides is 3. The van der Waals surface area contributed by atoms with E-state index in [1.807, 2.05) is 36.9 Å². The quantitative estimate of drug-likeness (QED) is 0.886. The van der Waals surface area contributed by atoms with Crippen LogP contribution in [0.15, 0.2) is 24.3 Å². The topological polar surface area (TPSA) is 61.9 Å². The minimum Gasteiger partial charge on any atom is -0.449 e. The highest BCUT2D eigenvalue weighted by Crippen LogP contribution is 2.40. The van der Waals surface area contributed by atoms with Gasteiger partial charge in [-0.05, 0) is 38.7 Å². The van der Waals surface area contributed by atoms with Gasteiger partial charge >= 0.3 is 12.1 Å². The van der Waals surface area contributed by atoms with Crippen molar-refractivity contribution in [1.82, 2.24) is 9.80 Å². The van der Waals surface area contributed by atoms with E-state index in [0.29, 0.717) is 25.6 Å². The molecule has 1 fully saturated rings. The van der Waals surface area contributed by atoms with E-state index in [1.54, 1.807) is 4.90 Å². The highest BCUT2D eigenvalue weighted by Gasteiger charge is 2.43. The van der Waals surface area contributed by atoms with Gasteiger partial charge in [0.15, 0.2) is 0 Å². The van der Waals surface area contributed by atoms with Crippen LogP contribution in [0.4, 0.5) is 15.3 Å². The minimum absolute atomic E-state index is 0.0606. The lowest BCUT2D eigenvalue weighted by Gasteiger charge is -2.49. The number of carbonyl (C=O) groups is 2. The van der Waals surface area contributed by atoms with Crippen LogP contribution in [0.25, 0.3) is 0 Å². The molecule has 0 aromatic heterocycles. The van der Waals surface area contributed by atoms with Crippen LogP contribution in [0.2, 0.25) is 0 Å². The smallest absolute Gasteiger partial charge is 0.409 e. The molecule has 0 saturated carbocycles. The van der Waals surface area contributed by atoms with E-state index in [1.165, 1.54) is 0 Å². The first-order valence-corrected chi connectivity index (χ1v) is 9.42. The van der Waals surface area contributed by atoms with Gasteiger partial charge in [0.2, 0.25) is 0 Å².